The molecule has 1 aliphatic carbocycles. The van der Waals surface area contributed by atoms with Crippen LogP contribution in [0.25, 0.3) is 0 Å². The SMILES string of the molecule is COc1cc(CN(C)C(=O)NC2CCCCCCC2)ccc1SC. The summed E-state index contributed by atoms with van der Waals surface area (Å²) in [4.78, 5) is 15.3. The normalized spacial score (nSPS) is 16.1. The first kappa shape index (κ1) is 19.0. The lowest BCUT2D eigenvalue weighted by atomic mass is 9.97. The Bertz CT molecular complexity index is 528. The van der Waals surface area contributed by atoms with Gasteiger partial charge in [-0.2, -0.15) is 0 Å². The van der Waals surface area contributed by atoms with Crippen LogP contribution in [0.4, 0.5) is 4.79 Å². The molecular formula is C19H30N2O2S. The van der Waals surface area contributed by atoms with E-state index < -0.39 is 0 Å². The van der Waals surface area contributed by atoms with E-state index in [0.29, 0.717) is 12.6 Å². The third-order valence-corrected chi connectivity index (χ3v) is 5.42. The Balaban J connectivity index is 1.90. The van der Waals surface area contributed by atoms with E-state index in [1.807, 2.05) is 19.4 Å². The van der Waals surface area contributed by atoms with E-state index in [0.717, 1.165) is 29.1 Å². The zero-order chi connectivity index (χ0) is 17.4. The molecule has 0 atom stereocenters. The van der Waals surface area contributed by atoms with Gasteiger partial charge in [0.2, 0.25) is 0 Å². The van der Waals surface area contributed by atoms with Gasteiger partial charge in [-0.05, 0) is 36.8 Å². The second-order valence-electron chi connectivity index (χ2n) is 6.54. The molecule has 1 aromatic carbocycles. The van der Waals surface area contributed by atoms with Crippen molar-refractivity contribution in [2.75, 3.05) is 20.4 Å². The summed E-state index contributed by atoms with van der Waals surface area (Å²) in [6, 6.07) is 6.49. The van der Waals surface area contributed by atoms with E-state index in [1.165, 1.54) is 32.1 Å². The zero-order valence-electron chi connectivity index (χ0n) is 15.1. The highest BCUT2D eigenvalue weighted by atomic mass is 32.2. The number of amides is 2. The molecule has 0 unspecified atom stereocenters. The Morgan fingerprint density at radius 2 is 1.92 bits per heavy atom. The van der Waals surface area contributed by atoms with E-state index >= 15 is 0 Å². The summed E-state index contributed by atoms with van der Waals surface area (Å²) >= 11 is 1.66. The first-order valence-corrected chi connectivity index (χ1v) is 10.1. The third kappa shape index (κ3) is 5.62. The number of carbonyl (C=O) groups excluding carboxylic acids is 1. The molecule has 0 saturated heterocycles. The molecule has 1 fully saturated rings. The fourth-order valence-electron chi connectivity index (χ4n) is 3.21. The van der Waals surface area contributed by atoms with Gasteiger partial charge in [0.25, 0.3) is 0 Å². The van der Waals surface area contributed by atoms with Crippen molar-refractivity contribution in [3.8, 4) is 5.75 Å². The van der Waals surface area contributed by atoms with Gasteiger partial charge in [0.1, 0.15) is 5.75 Å². The van der Waals surface area contributed by atoms with Crippen LogP contribution in [0.5, 0.6) is 5.75 Å². The van der Waals surface area contributed by atoms with Gasteiger partial charge in [-0.15, -0.1) is 11.8 Å². The van der Waals surface area contributed by atoms with E-state index in [2.05, 4.69) is 17.4 Å². The van der Waals surface area contributed by atoms with Gasteiger partial charge >= 0.3 is 6.03 Å². The average molecular weight is 351 g/mol. The molecule has 2 amide bonds. The predicted molar refractivity (Wildman–Crippen MR) is 101 cm³/mol. The number of rotatable bonds is 5. The molecular weight excluding hydrogens is 320 g/mol. The van der Waals surface area contributed by atoms with Crippen LogP contribution >= 0.6 is 11.8 Å². The van der Waals surface area contributed by atoms with Crippen LogP contribution in [0.3, 0.4) is 0 Å². The van der Waals surface area contributed by atoms with Crippen LogP contribution in [0.15, 0.2) is 23.1 Å². The number of hydrogen-bond acceptors (Lipinski definition) is 3. The van der Waals surface area contributed by atoms with Crippen molar-refractivity contribution in [3.63, 3.8) is 0 Å². The van der Waals surface area contributed by atoms with Crippen LogP contribution in [0.1, 0.15) is 50.5 Å². The summed E-state index contributed by atoms with van der Waals surface area (Å²) in [6.07, 6.45) is 10.6. The Morgan fingerprint density at radius 3 is 2.54 bits per heavy atom. The Kier molecular flexibility index (Phi) is 7.76. The Labute approximate surface area is 150 Å². The lowest BCUT2D eigenvalue weighted by Crippen LogP contribution is -2.43. The van der Waals surface area contributed by atoms with Gasteiger partial charge in [0, 0.05) is 24.5 Å². The highest BCUT2D eigenvalue weighted by molar-refractivity contribution is 7.98. The van der Waals surface area contributed by atoms with Crippen LogP contribution < -0.4 is 10.1 Å². The van der Waals surface area contributed by atoms with Gasteiger partial charge in [-0.3, -0.25) is 0 Å². The molecule has 24 heavy (non-hydrogen) atoms. The number of methoxy groups -OCH3 is 1. The van der Waals surface area contributed by atoms with Gasteiger partial charge in [-0.1, -0.05) is 38.2 Å². The average Bonchev–Trinajstić information content (AvgIpc) is 2.56. The second-order valence-corrected chi connectivity index (χ2v) is 7.39. The number of benzene rings is 1. The summed E-state index contributed by atoms with van der Waals surface area (Å²) in [5.41, 5.74) is 1.08. The van der Waals surface area contributed by atoms with Crippen molar-refractivity contribution in [3.05, 3.63) is 23.8 Å². The van der Waals surface area contributed by atoms with Crippen molar-refractivity contribution in [1.82, 2.24) is 10.2 Å². The standard InChI is InChI=1S/C19H30N2O2S/c1-21(14-15-11-12-18(24-3)17(13-15)23-2)19(22)20-16-9-7-5-4-6-8-10-16/h11-13,16H,4-10,14H2,1-3H3,(H,20,22). The maximum Gasteiger partial charge on any atom is 0.317 e. The largest absolute Gasteiger partial charge is 0.496 e. The molecule has 2 rings (SSSR count). The Morgan fingerprint density at radius 1 is 1.25 bits per heavy atom. The molecule has 1 N–H and O–H groups in total. The van der Waals surface area contributed by atoms with Gasteiger partial charge < -0.3 is 15.0 Å². The molecule has 0 radical (unpaired) electrons. The lowest BCUT2D eigenvalue weighted by molar-refractivity contribution is 0.199. The molecule has 1 aromatic rings. The molecule has 1 saturated carbocycles. The lowest BCUT2D eigenvalue weighted by Gasteiger charge is -2.25. The highest BCUT2D eigenvalue weighted by Crippen LogP contribution is 2.28. The van der Waals surface area contributed by atoms with E-state index in [4.69, 9.17) is 4.74 Å². The van der Waals surface area contributed by atoms with E-state index in [9.17, 15) is 4.79 Å². The summed E-state index contributed by atoms with van der Waals surface area (Å²) < 4.78 is 5.43. The number of nitrogens with zero attached hydrogens (tertiary/aromatic N) is 1. The topological polar surface area (TPSA) is 41.6 Å². The maximum absolute atomic E-state index is 12.5. The minimum atomic E-state index is 0.0217. The van der Waals surface area contributed by atoms with E-state index in [1.54, 1.807) is 23.8 Å². The molecule has 0 heterocycles. The summed E-state index contributed by atoms with van der Waals surface area (Å²) in [5.74, 6) is 0.869. The van der Waals surface area contributed by atoms with E-state index in [-0.39, 0.29) is 6.03 Å². The van der Waals surface area contributed by atoms with Gasteiger partial charge in [-0.25, -0.2) is 4.79 Å². The molecule has 0 aliphatic heterocycles. The molecule has 134 valence electrons. The molecule has 0 bridgehead atoms. The number of urea groups is 1. The zero-order valence-corrected chi connectivity index (χ0v) is 16.0. The number of thioether (sulfide) groups is 1. The fraction of sp³-hybridized carbons (Fsp3) is 0.632. The molecule has 1 aliphatic rings. The van der Waals surface area contributed by atoms with Gasteiger partial charge in [0.05, 0.1) is 7.11 Å². The first-order chi connectivity index (χ1) is 11.6. The van der Waals surface area contributed by atoms with Crippen LogP contribution in [0, 0.1) is 0 Å². The predicted octanol–water partition coefficient (Wildman–Crippen LogP) is 4.67. The highest BCUT2D eigenvalue weighted by Gasteiger charge is 2.17. The Hall–Kier alpha value is -1.36. The number of ether oxygens (including phenoxy) is 1. The van der Waals surface area contributed by atoms with Crippen LogP contribution in [-0.2, 0) is 6.54 Å². The fourth-order valence-corrected chi connectivity index (χ4v) is 3.76. The summed E-state index contributed by atoms with van der Waals surface area (Å²) in [7, 11) is 3.54. The van der Waals surface area contributed by atoms with Crippen molar-refractivity contribution in [2.24, 2.45) is 0 Å². The number of nitrogens with one attached hydrogen (secondary N) is 1. The number of hydrogen-bond donors (Lipinski definition) is 1. The molecule has 4 nitrogen and oxygen atoms in total. The molecule has 5 heteroatoms. The monoisotopic (exact) mass is 350 g/mol. The molecule has 0 aromatic heterocycles. The second kappa shape index (κ2) is 9.82. The summed E-state index contributed by atoms with van der Waals surface area (Å²) in [6.45, 7) is 0.587. The summed E-state index contributed by atoms with van der Waals surface area (Å²) in [5, 5.41) is 3.21. The number of carbonyl (C=O) groups is 1. The minimum absolute atomic E-state index is 0.0217. The smallest absolute Gasteiger partial charge is 0.317 e. The quantitative estimate of drug-likeness (QED) is 0.785. The minimum Gasteiger partial charge on any atom is -0.496 e. The van der Waals surface area contributed by atoms with Crippen LogP contribution in [0.2, 0.25) is 0 Å². The molecule has 0 spiro atoms. The van der Waals surface area contributed by atoms with Crippen LogP contribution in [-0.4, -0.2) is 37.4 Å². The maximum atomic E-state index is 12.5. The van der Waals surface area contributed by atoms with Crippen molar-refractivity contribution in [1.29, 1.82) is 0 Å². The van der Waals surface area contributed by atoms with Crippen molar-refractivity contribution >= 4 is 17.8 Å². The third-order valence-electron chi connectivity index (χ3n) is 4.65. The first-order valence-electron chi connectivity index (χ1n) is 8.86. The van der Waals surface area contributed by atoms with Crippen molar-refractivity contribution < 1.29 is 9.53 Å². The van der Waals surface area contributed by atoms with Gasteiger partial charge in [0.15, 0.2) is 0 Å². The van der Waals surface area contributed by atoms with Crippen molar-refractivity contribution in [2.45, 2.75) is 62.4 Å².